The molecule has 1 fully saturated rings. The van der Waals surface area contributed by atoms with E-state index < -0.39 is 0 Å². The van der Waals surface area contributed by atoms with Crippen LogP contribution in [0.1, 0.15) is 23.1 Å². The van der Waals surface area contributed by atoms with Gasteiger partial charge in [0.05, 0.1) is 18.1 Å². The van der Waals surface area contributed by atoms with Crippen LogP contribution in [-0.2, 0) is 4.79 Å². The molecule has 4 nitrogen and oxygen atoms in total. The molecule has 0 atom stereocenters. The second-order valence-corrected chi connectivity index (χ2v) is 7.89. The van der Waals surface area contributed by atoms with Crippen LogP contribution in [0.3, 0.4) is 0 Å². The molecule has 1 N–H and O–H groups in total. The number of amides is 1. The van der Waals surface area contributed by atoms with Crippen LogP contribution in [0.5, 0.6) is 11.5 Å². The Kier molecular flexibility index (Phi) is 6.53. The van der Waals surface area contributed by atoms with Crippen LogP contribution in [0.15, 0.2) is 47.4 Å². The predicted molar refractivity (Wildman–Crippen MR) is 114 cm³/mol. The zero-order valence-electron chi connectivity index (χ0n) is 15.3. The van der Waals surface area contributed by atoms with E-state index in [9.17, 15) is 4.79 Å². The molecule has 1 amide bonds. The number of benzene rings is 2. The molecule has 1 heterocycles. The van der Waals surface area contributed by atoms with E-state index in [-0.39, 0.29) is 5.91 Å². The molecular formula is C21H21NO3S2. The van der Waals surface area contributed by atoms with Crippen molar-refractivity contribution < 1.29 is 14.3 Å². The first-order valence-electron chi connectivity index (χ1n) is 8.69. The number of aryl methyl sites for hydroxylation is 1. The summed E-state index contributed by atoms with van der Waals surface area (Å²) < 4.78 is 12.1. The van der Waals surface area contributed by atoms with Crippen LogP contribution in [0.4, 0.5) is 0 Å². The first kappa shape index (κ1) is 19.5. The minimum atomic E-state index is -0.144. The summed E-state index contributed by atoms with van der Waals surface area (Å²) >= 11 is 6.26. The fraction of sp³-hybridized carbons (Fsp3) is 0.238. The highest BCUT2D eigenvalue weighted by Gasteiger charge is 2.21. The molecule has 0 spiro atoms. The van der Waals surface area contributed by atoms with Gasteiger partial charge in [0, 0.05) is 6.42 Å². The number of carbonyl (C=O) groups excluding carboxylic acids is 1. The molecule has 1 saturated heterocycles. The van der Waals surface area contributed by atoms with E-state index in [4.69, 9.17) is 21.7 Å². The average molecular weight is 400 g/mol. The standard InChI is InChI=1S/C21H21NO3S2/c1-14-5-3-6-18(15(14)2)25-12-4-11-24-17-9-7-16(8-10-17)13-19-20(23)22-21(26)27-19/h3,5-10,13H,4,11-12H2,1-2H3,(H,22,23,26). The Balaban J connectivity index is 1.44. The van der Waals surface area contributed by atoms with Gasteiger partial charge >= 0.3 is 0 Å². The van der Waals surface area contributed by atoms with Crippen molar-refractivity contribution in [3.63, 3.8) is 0 Å². The lowest BCUT2D eigenvalue weighted by atomic mass is 10.1. The van der Waals surface area contributed by atoms with Crippen LogP contribution in [-0.4, -0.2) is 23.4 Å². The number of thiocarbonyl (C=S) groups is 1. The minimum absolute atomic E-state index is 0.144. The van der Waals surface area contributed by atoms with Crippen LogP contribution in [0.2, 0.25) is 0 Å². The van der Waals surface area contributed by atoms with Gasteiger partial charge in [0.15, 0.2) is 0 Å². The summed E-state index contributed by atoms with van der Waals surface area (Å²) in [4.78, 5) is 12.3. The van der Waals surface area contributed by atoms with Gasteiger partial charge in [-0.15, -0.1) is 0 Å². The second kappa shape index (κ2) is 9.06. The molecule has 27 heavy (non-hydrogen) atoms. The molecule has 0 aliphatic carbocycles. The third-order valence-electron chi connectivity index (χ3n) is 4.19. The number of carbonyl (C=O) groups is 1. The van der Waals surface area contributed by atoms with E-state index >= 15 is 0 Å². The number of nitrogens with one attached hydrogen (secondary N) is 1. The van der Waals surface area contributed by atoms with Gasteiger partial charge in [0.25, 0.3) is 5.91 Å². The largest absolute Gasteiger partial charge is 0.493 e. The van der Waals surface area contributed by atoms with Crippen LogP contribution >= 0.6 is 24.0 Å². The SMILES string of the molecule is Cc1cccc(OCCCOc2ccc(C=C3SC(=S)NC3=O)cc2)c1C. The van der Waals surface area contributed by atoms with Crippen molar-refractivity contribution in [2.75, 3.05) is 13.2 Å². The molecule has 0 bridgehead atoms. The fourth-order valence-corrected chi connectivity index (χ4v) is 3.59. The van der Waals surface area contributed by atoms with Gasteiger partial charge in [-0.05, 0) is 54.8 Å². The van der Waals surface area contributed by atoms with Crippen molar-refractivity contribution in [3.05, 3.63) is 64.1 Å². The van der Waals surface area contributed by atoms with Crippen molar-refractivity contribution in [3.8, 4) is 11.5 Å². The topological polar surface area (TPSA) is 47.6 Å². The van der Waals surface area contributed by atoms with E-state index in [1.807, 2.05) is 42.5 Å². The normalized spacial score (nSPS) is 15.1. The lowest BCUT2D eigenvalue weighted by molar-refractivity contribution is -0.115. The molecule has 0 unspecified atom stereocenters. The Hall–Kier alpha value is -2.31. The molecule has 1 aliphatic rings. The summed E-state index contributed by atoms with van der Waals surface area (Å²) in [6.07, 6.45) is 2.62. The lowest BCUT2D eigenvalue weighted by Crippen LogP contribution is -2.17. The highest BCUT2D eigenvalue weighted by molar-refractivity contribution is 8.26. The van der Waals surface area contributed by atoms with Gasteiger partial charge in [-0.25, -0.2) is 0 Å². The Labute approximate surface area is 168 Å². The van der Waals surface area contributed by atoms with Crippen molar-refractivity contribution in [1.82, 2.24) is 5.32 Å². The molecule has 3 rings (SSSR count). The van der Waals surface area contributed by atoms with Crippen LogP contribution < -0.4 is 14.8 Å². The minimum Gasteiger partial charge on any atom is -0.493 e. The zero-order chi connectivity index (χ0) is 19.2. The van der Waals surface area contributed by atoms with E-state index in [1.54, 1.807) is 0 Å². The maximum absolute atomic E-state index is 11.7. The van der Waals surface area contributed by atoms with Gasteiger partial charge in [0.2, 0.25) is 0 Å². The average Bonchev–Trinajstić information content (AvgIpc) is 2.96. The van der Waals surface area contributed by atoms with Crippen molar-refractivity contribution in [2.24, 2.45) is 0 Å². The highest BCUT2D eigenvalue weighted by atomic mass is 32.2. The quantitative estimate of drug-likeness (QED) is 0.418. The van der Waals surface area contributed by atoms with E-state index in [0.717, 1.165) is 23.5 Å². The number of rotatable bonds is 7. The highest BCUT2D eigenvalue weighted by Crippen LogP contribution is 2.26. The molecule has 2 aromatic carbocycles. The first-order valence-corrected chi connectivity index (χ1v) is 9.92. The number of hydrogen-bond acceptors (Lipinski definition) is 5. The van der Waals surface area contributed by atoms with Gasteiger partial charge in [-0.2, -0.15) is 0 Å². The van der Waals surface area contributed by atoms with E-state index in [2.05, 4.69) is 25.2 Å². The molecule has 2 aromatic rings. The molecule has 140 valence electrons. The Morgan fingerprint density at radius 3 is 2.52 bits per heavy atom. The Morgan fingerprint density at radius 2 is 1.81 bits per heavy atom. The zero-order valence-corrected chi connectivity index (χ0v) is 16.9. The molecule has 0 saturated carbocycles. The summed E-state index contributed by atoms with van der Waals surface area (Å²) in [5, 5.41) is 2.61. The van der Waals surface area contributed by atoms with Gasteiger partial charge in [-0.1, -0.05) is 48.2 Å². The summed E-state index contributed by atoms with van der Waals surface area (Å²) in [5.74, 6) is 1.58. The first-order chi connectivity index (χ1) is 13.0. The lowest BCUT2D eigenvalue weighted by Gasteiger charge is -2.11. The fourth-order valence-electron chi connectivity index (χ4n) is 2.54. The van der Waals surface area contributed by atoms with Gasteiger partial charge in [0.1, 0.15) is 15.8 Å². The van der Waals surface area contributed by atoms with E-state index in [1.165, 1.54) is 22.9 Å². The third kappa shape index (κ3) is 5.34. The molecule has 0 aromatic heterocycles. The molecule has 0 radical (unpaired) electrons. The van der Waals surface area contributed by atoms with Gasteiger partial charge in [-0.3, -0.25) is 4.79 Å². The maximum atomic E-state index is 11.7. The van der Waals surface area contributed by atoms with Crippen LogP contribution in [0, 0.1) is 13.8 Å². The van der Waals surface area contributed by atoms with Crippen molar-refractivity contribution in [1.29, 1.82) is 0 Å². The number of thioether (sulfide) groups is 1. The second-order valence-electron chi connectivity index (χ2n) is 6.17. The molecular weight excluding hydrogens is 378 g/mol. The maximum Gasteiger partial charge on any atom is 0.263 e. The Bertz CT molecular complexity index is 875. The summed E-state index contributed by atoms with van der Waals surface area (Å²) in [5.41, 5.74) is 3.34. The predicted octanol–water partition coefficient (Wildman–Crippen LogP) is 4.64. The molecule has 1 aliphatic heterocycles. The smallest absolute Gasteiger partial charge is 0.263 e. The Morgan fingerprint density at radius 1 is 1.07 bits per heavy atom. The molecule has 6 heteroatoms. The summed E-state index contributed by atoms with van der Waals surface area (Å²) in [7, 11) is 0. The van der Waals surface area contributed by atoms with E-state index in [0.29, 0.717) is 22.4 Å². The summed E-state index contributed by atoms with van der Waals surface area (Å²) in [6, 6.07) is 13.7. The number of hydrogen-bond donors (Lipinski definition) is 1. The third-order valence-corrected chi connectivity index (χ3v) is 5.35. The van der Waals surface area contributed by atoms with Crippen molar-refractivity contribution >= 4 is 40.3 Å². The monoisotopic (exact) mass is 399 g/mol. The number of ether oxygens (including phenoxy) is 2. The van der Waals surface area contributed by atoms with Gasteiger partial charge < -0.3 is 14.8 Å². The van der Waals surface area contributed by atoms with Crippen molar-refractivity contribution in [2.45, 2.75) is 20.3 Å². The summed E-state index contributed by atoms with van der Waals surface area (Å²) in [6.45, 7) is 5.34. The van der Waals surface area contributed by atoms with Crippen LogP contribution in [0.25, 0.3) is 6.08 Å².